The first-order chi connectivity index (χ1) is 8.13. The van der Waals surface area contributed by atoms with Gasteiger partial charge in [0.25, 0.3) is 0 Å². The number of H-pyrrole nitrogens is 1. The minimum Gasteiger partial charge on any atom is -0.300 e. The molecular formula is C11H11N3OS2. The third-order valence-electron chi connectivity index (χ3n) is 2.17. The van der Waals surface area contributed by atoms with Gasteiger partial charge in [-0.3, -0.25) is 9.89 Å². The first-order valence-electron chi connectivity index (χ1n) is 5.04. The Bertz CT molecular complexity index is 571. The Balaban J connectivity index is 1.97. The van der Waals surface area contributed by atoms with E-state index in [-0.39, 0.29) is 5.91 Å². The highest BCUT2D eigenvalue weighted by molar-refractivity contribution is 7.73. The largest absolute Gasteiger partial charge is 0.300 e. The van der Waals surface area contributed by atoms with Crippen LogP contribution in [-0.4, -0.2) is 16.1 Å². The summed E-state index contributed by atoms with van der Waals surface area (Å²) in [5.74, 6) is -0.0911. The van der Waals surface area contributed by atoms with E-state index in [9.17, 15) is 4.79 Å². The van der Waals surface area contributed by atoms with Crippen molar-refractivity contribution in [3.63, 3.8) is 0 Å². The van der Waals surface area contributed by atoms with E-state index in [1.807, 2.05) is 31.2 Å². The third-order valence-corrected chi connectivity index (χ3v) is 3.17. The lowest BCUT2D eigenvalue weighted by molar-refractivity contribution is -0.115. The van der Waals surface area contributed by atoms with Gasteiger partial charge < -0.3 is 5.32 Å². The highest BCUT2D eigenvalue weighted by atomic mass is 32.1. The van der Waals surface area contributed by atoms with Gasteiger partial charge in [-0.05, 0) is 24.7 Å². The van der Waals surface area contributed by atoms with Crippen LogP contribution in [0.5, 0.6) is 0 Å². The predicted molar refractivity (Wildman–Crippen MR) is 70.8 cm³/mol. The maximum absolute atomic E-state index is 11.7. The smallest absolute Gasteiger partial charge is 0.230 e. The Hall–Kier alpha value is -1.53. The number of hydrogen-bond donors (Lipinski definition) is 2. The summed E-state index contributed by atoms with van der Waals surface area (Å²) in [7, 11) is 0. The molecule has 0 fully saturated rings. The molecule has 2 rings (SSSR count). The SMILES string of the molecule is Cc1ccc(CC(=O)Nc2n[nH]c(=S)s2)cc1. The molecule has 0 aliphatic heterocycles. The molecule has 0 spiro atoms. The fourth-order valence-corrected chi connectivity index (χ4v) is 2.14. The van der Waals surface area contributed by atoms with E-state index < -0.39 is 0 Å². The van der Waals surface area contributed by atoms with Crippen LogP contribution in [0.3, 0.4) is 0 Å². The molecule has 0 radical (unpaired) electrons. The molecular weight excluding hydrogens is 254 g/mol. The van der Waals surface area contributed by atoms with Gasteiger partial charge in [0.1, 0.15) is 0 Å². The van der Waals surface area contributed by atoms with Crippen LogP contribution >= 0.6 is 23.6 Å². The Labute approximate surface area is 108 Å². The summed E-state index contributed by atoms with van der Waals surface area (Å²) in [6, 6.07) is 7.87. The van der Waals surface area contributed by atoms with Crippen LogP contribution < -0.4 is 5.32 Å². The molecule has 0 saturated heterocycles. The van der Waals surface area contributed by atoms with Crippen molar-refractivity contribution in [3.05, 3.63) is 39.3 Å². The average molecular weight is 265 g/mol. The lowest BCUT2D eigenvalue weighted by atomic mass is 10.1. The summed E-state index contributed by atoms with van der Waals surface area (Å²) in [5.41, 5.74) is 2.16. The summed E-state index contributed by atoms with van der Waals surface area (Å²) in [4.78, 5) is 11.7. The molecule has 1 amide bonds. The van der Waals surface area contributed by atoms with Crippen LogP contribution in [-0.2, 0) is 11.2 Å². The van der Waals surface area contributed by atoms with Gasteiger partial charge in [-0.2, -0.15) is 0 Å². The van der Waals surface area contributed by atoms with Crippen LogP contribution in [0.2, 0.25) is 0 Å². The van der Waals surface area contributed by atoms with Gasteiger partial charge in [-0.15, -0.1) is 5.10 Å². The third kappa shape index (κ3) is 3.47. The summed E-state index contributed by atoms with van der Waals surface area (Å²) >= 11 is 6.12. The molecule has 1 aromatic heterocycles. The summed E-state index contributed by atoms with van der Waals surface area (Å²) in [6.07, 6.45) is 0.340. The maximum atomic E-state index is 11.7. The van der Waals surface area contributed by atoms with Crippen LogP contribution in [0.15, 0.2) is 24.3 Å². The van der Waals surface area contributed by atoms with Crippen molar-refractivity contribution in [2.45, 2.75) is 13.3 Å². The number of aromatic nitrogens is 2. The second kappa shape index (κ2) is 5.20. The number of benzene rings is 1. The lowest BCUT2D eigenvalue weighted by Gasteiger charge is -2.01. The molecule has 0 aliphatic rings. The molecule has 0 unspecified atom stereocenters. The standard InChI is InChI=1S/C11H11N3OS2/c1-7-2-4-8(5-3-7)6-9(15)12-10-13-14-11(16)17-10/h2-5H,6H2,1H3,(H,14,16)(H,12,13,15). The summed E-state index contributed by atoms with van der Waals surface area (Å²) in [6.45, 7) is 2.01. The Morgan fingerprint density at radius 1 is 1.47 bits per heavy atom. The average Bonchev–Trinajstić information content (AvgIpc) is 2.67. The van der Waals surface area contributed by atoms with Gasteiger partial charge in [0, 0.05) is 0 Å². The first kappa shape index (κ1) is 11.9. The molecule has 2 N–H and O–H groups in total. The van der Waals surface area contributed by atoms with Gasteiger partial charge in [0.15, 0.2) is 3.95 Å². The number of hydrogen-bond acceptors (Lipinski definition) is 4. The molecule has 4 nitrogen and oxygen atoms in total. The van der Waals surface area contributed by atoms with Crippen molar-refractivity contribution in [1.29, 1.82) is 0 Å². The number of rotatable bonds is 3. The molecule has 0 bridgehead atoms. The van der Waals surface area contributed by atoms with Crippen molar-refractivity contribution in [2.24, 2.45) is 0 Å². The zero-order valence-electron chi connectivity index (χ0n) is 9.19. The van der Waals surface area contributed by atoms with E-state index in [2.05, 4.69) is 15.5 Å². The number of amides is 1. The Kier molecular flexibility index (Phi) is 3.65. The molecule has 17 heavy (non-hydrogen) atoms. The van der Waals surface area contributed by atoms with Crippen molar-refractivity contribution in [3.8, 4) is 0 Å². The predicted octanol–water partition coefficient (Wildman–Crippen LogP) is 2.69. The highest BCUT2D eigenvalue weighted by Crippen LogP contribution is 2.11. The fourth-order valence-electron chi connectivity index (χ4n) is 1.34. The molecule has 0 atom stereocenters. The van der Waals surface area contributed by atoms with Crippen molar-refractivity contribution in [1.82, 2.24) is 10.2 Å². The lowest BCUT2D eigenvalue weighted by Crippen LogP contribution is -2.14. The summed E-state index contributed by atoms with van der Waals surface area (Å²) < 4.78 is 0.552. The van der Waals surface area contributed by atoms with Gasteiger partial charge in [0.2, 0.25) is 11.0 Å². The number of carbonyl (C=O) groups is 1. The number of anilines is 1. The van der Waals surface area contributed by atoms with E-state index in [0.717, 1.165) is 5.56 Å². The van der Waals surface area contributed by atoms with Gasteiger partial charge >= 0.3 is 0 Å². The van der Waals surface area contributed by atoms with E-state index in [4.69, 9.17) is 12.2 Å². The highest BCUT2D eigenvalue weighted by Gasteiger charge is 2.06. The minimum atomic E-state index is -0.0911. The molecule has 6 heteroatoms. The van der Waals surface area contributed by atoms with E-state index >= 15 is 0 Å². The van der Waals surface area contributed by atoms with Crippen molar-refractivity contribution < 1.29 is 4.79 Å². The van der Waals surface area contributed by atoms with Crippen molar-refractivity contribution >= 4 is 34.6 Å². The number of nitrogens with zero attached hydrogens (tertiary/aromatic N) is 1. The van der Waals surface area contributed by atoms with E-state index in [0.29, 0.717) is 15.5 Å². The molecule has 88 valence electrons. The summed E-state index contributed by atoms with van der Waals surface area (Å²) in [5, 5.41) is 9.69. The monoisotopic (exact) mass is 265 g/mol. The second-order valence-corrected chi connectivity index (χ2v) is 5.29. The second-order valence-electron chi connectivity index (χ2n) is 3.63. The zero-order chi connectivity index (χ0) is 12.3. The Morgan fingerprint density at radius 3 is 2.76 bits per heavy atom. The van der Waals surface area contributed by atoms with Gasteiger partial charge in [0.05, 0.1) is 6.42 Å². The van der Waals surface area contributed by atoms with Crippen LogP contribution in [0.25, 0.3) is 0 Å². The maximum Gasteiger partial charge on any atom is 0.230 e. The Morgan fingerprint density at radius 2 is 2.18 bits per heavy atom. The number of nitrogens with one attached hydrogen (secondary N) is 2. The van der Waals surface area contributed by atoms with E-state index in [1.54, 1.807) is 0 Å². The van der Waals surface area contributed by atoms with Crippen LogP contribution in [0, 0.1) is 10.9 Å². The zero-order valence-corrected chi connectivity index (χ0v) is 10.8. The van der Waals surface area contributed by atoms with Gasteiger partial charge in [-0.1, -0.05) is 41.2 Å². The molecule has 1 aromatic carbocycles. The molecule has 0 saturated carbocycles. The van der Waals surface area contributed by atoms with Crippen molar-refractivity contribution in [2.75, 3.05) is 5.32 Å². The number of carbonyl (C=O) groups excluding carboxylic acids is 1. The normalized spacial score (nSPS) is 10.2. The van der Waals surface area contributed by atoms with Crippen LogP contribution in [0.1, 0.15) is 11.1 Å². The minimum absolute atomic E-state index is 0.0911. The molecule has 2 aromatic rings. The molecule has 0 aliphatic carbocycles. The number of aryl methyl sites for hydroxylation is 1. The topological polar surface area (TPSA) is 57.8 Å². The first-order valence-corrected chi connectivity index (χ1v) is 6.27. The molecule has 1 heterocycles. The van der Waals surface area contributed by atoms with E-state index in [1.165, 1.54) is 16.9 Å². The quantitative estimate of drug-likeness (QED) is 0.839. The van der Waals surface area contributed by atoms with Gasteiger partial charge in [-0.25, -0.2) is 0 Å². The van der Waals surface area contributed by atoms with Crippen LogP contribution in [0.4, 0.5) is 5.13 Å². The fraction of sp³-hybridized carbons (Fsp3) is 0.182. The number of aromatic amines is 1.